The lowest BCUT2D eigenvalue weighted by Gasteiger charge is -2.12. The van der Waals surface area contributed by atoms with Gasteiger partial charge >= 0.3 is 0 Å². The van der Waals surface area contributed by atoms with Gasteiger partial charge in [-0.3, -0.25) is 4.79 Å². The first-order valence-corrected chi connectivity index (χ1v) is 6.14. The van der Waals surface area contributed by atoms with Crippen LogP contribution in [0.25, 0.3) is 0 Å². The van der Waals surface area contributed by atoms with Crippen LogP contribution in [0.15, 0.2) is 0 Å². The number of amides is 1. The highest BCUT2D eigenvalue weighted by Gasteiger charge is 2.27. The van der Waals surface area contributed by atoms with Gasteiger partial charge < -0.3 is 10.1 Å². The SMILES string of the molecule is CCC(Cl)CCNC(=O)C1CCC(C)O1. The molecule has 1 fully saturated rings. The zero-order chi connectivity index (χ0) is 11.3. The summed E-state index contributed by atoms with van der Waals surface area (Å²) in [7, 11) is 0. The molecule has 0 aromatic carbocycles. The Kier molecular flexibility index (Phi) is 5.40. The fourth-order valence-corrected chi connectivity index (χ4v) is 1.77. The smallest absolute Gasteiger partial charge is 0.249 e. The zero-order valence-electron chi connectivity index (χ0n) is 9.46. The highest BCUT2D eigenvalue weighted by Crippen LogP contribution is 2.18. The van der Waals surface area contributed by atoms with E-state index in [1.54, 1.807) is 0 Å². The maximum Gasteiger partial charge on any atom is 0.249 e. The quantitative estimate of drug-likeness (QED) is 0.739. The van der Waals surface area contributed by atoms with E-state index in [4.69, 9.17) is 16.3 Å². The molecule has 0 radical (unpaired) electrons. The van der Waals surface area contributed by atoms with Gasteiger partial charge in [-0.25, -0.2) is 0 Å². The molecule has 88 valence electrons. The second kappa shape index (κ2) is 6.33. The molecule has 0 bridgehead atoms. The molecule has 3 nitrogen and oxygen atoms in total. The Balaban J connectivity index is 2.13. The lowest BCUT2D eigenvalue weighted by Crippen LogP contribution is -2.35. The van der Waals surface area contributed by atoms with Gasteiger partial charge in [-0.05, 0) is 32.6 Å². The van der Waals surface area contributed by atoms with Crippen LogP contribution in [0.2, 0.25) is 0 Å². The molecule has 0 aromatic rings. The van der Waals surface area contributed by atoms with Crippen molar-refractivity contribution in [3.63, 3.8) is 0 Å². The molecule has 0 spiro atoms. The number of carbonyl (C=O) groups is 1. The van der Waals surface area contributed by atoms with Crippen LogP contribution in [-0.4, -0.2) is 30.0 Å². The number of rotatable bonds is 5. The minimum atomic E-state index is -0.240. The van der Waals surface area contributed by atoms with Crippen LogP contribution < -0.4 is 5.32 Å². The Morgan fingerprint density at radius 2 is 2.33 bits per heavy atom. The maximum atomic E-state index is 11.6. The molecule has 0 aromatic heterocycles. The monoisotopic (exact) mass is 233 g/mol. The molecule has 4 heteroatoms. The van der Waals surface area contributed by atoms with E-state index >= 15 is 0 Å². The summed E-state index contributed by atoms with van der Waals surface area (Å²) < 4.78 is 5.46. The fourth-order valence-electron chi connectivity index (χ4n) is 1.67. The van der Waals surface area contributed by atoms with Crippen LogP contribution in [-0.2, 0) is 9.53 Å². The Morgan fingerprint density at radius 3 is 2.87 bits per heavy atom. The summed E-state index contributed by atoms with van der Waals surface area (Å²) in [5.41, 5.74) is 0. The van der Waals surface area contributed by atoms with Crippen molar-refractivity contribution < 1.29 is 9.53 Å². The van der Waals surface area contributed by atoms with E-state index < -0.39 is 0 Å². The molecular weight excluding hydrogens is 214 g/mol. The predicted molar refractivity (Wildman–Crippen MR) is 61.1 cm³/mol. The van der Waals surface area contributed by atoms with Gasteiger partial charge in [-0.2, -0.15) is 0 Å². The van der Waals surface area contributed by atoms with Crippen molar-refractivity contribution in [3.8, 4) is 0 Å². The van der Waals surface area contributed by atoms with Gasteiger partial charge in [0.05, 0.1) is 6.10 Å². The third-order valence-electron chi connectivity index (χ3n) is 2.72. The molecule has 0 aliphatic carbocycles. The fraction of sp³-hybridized carbons (Fsp3) is 0.909. The number of halogens is 1. The van der Waals surface area contributed by atoms with E-state index in [1.807, 2.05) is 13.8 Å². The Hall–Kier alpha value is -0.280. The molecule has 3 atom stereocenters. The molecule has 0 saturated carbocycles. The van der Waals surface area contributed by atoms with Crippen molar-refractivity contribution in [1.82, 2.24) is 5.32 Å². The molecule has 1 aliphatic rings. The lowest BCUT2D eigenvalue weighted by molar-refractivity contribution is -0.131. The summed E-state index contributed by atoms with van der Waals surface area (Å²) in [6, 6.07) is 0. The summed E-state index contributed by atoms with van der Waals surface area (Å²) >= 11 is 5.95. The molecule has 1 rings (SSSR count). The van der Waals surface area contributed by atoms with Crippen LogP contribution in [0, 0.1) is 0 Å². The summed E-state index contributed by atoms with van der Waals surface area (Å²) in [6.07, 6.45) is 3.56. The second-order valence-electron chi connectivity index (χ2n) is 4.10. The van der Waals surface area contributed by atoms with Crippen LogP contribution in [0.5, 0.6) is 0 Å². The van der Waals surface area contributed by atoms with E-state index in [0.29, 0.717) is 6.54 Å². The molecular formula is C11H20ClNO2. The Morgan fingerprint density at radius 1 is 1.60 bits per heavy atom. The number of hydrogen-bond acceptors (Lipinski definition) is 2. The van der Waals surface area contributed by atoms with Crippen molar-refractivity contribution >= 4 is 17.5 Å². The van der Waals surface area contributed by atoms with Crippen molar-refractivity contribution in [2.45, 2.75) is 57.1 Å². The topological polar surface area (TPSA) is 38.3 Å². The first kappa shape index (κ1) is 12.8. The number of carbonyl (C=O) groups excluding carboxylic acids is 1. The molecule has 15 heavy (non-hydrogen) atoms. The van der Waals surface area contributed by atoms with Gasteiger partial charge in [0.15, 0.2) is 0 Å². The van der Waals surface area contributed by atoms with Gasteiger partial charge in [0.25, 0.3) is 0 Å². The summed E-state index contributed by atoms with van der Waals surface area (Å²) in [6.45, 7) is 4.69. The zero-order valence-corrected chi connectivity index (χ0v) is 10.2. The van der Waals surface area contributed by atoms with Crippen molar-refractivity contribution in [2.24, 2.45) is 0 Å². The lowest BCUT2D eigenvalue weighted by atomic mass is 10.2. The van der Waals surface area contributed by atoms with Crippen LogP contribution in [0.1, 0.15) is 39.5 Å². The molecule has 1 aliphatic heterocycles. The van der Waals surface area contributed by atoms with E-state index in [9.17, 15) is 4.79 Å². The first-order valence-electron chi connectivity index (χ1n) is 5.70. The van der Waals surface area contributed by atoms with Crippen LogP contribution in [0.4, 0.5) is 0 Å². The summed E-state index contributed by atoms with van der Waals surface area (Å²) in [5, 5.41) is 3.02. The second-order valence-corrected chi connectivity index (χ2v) is 4.72. The minimum Gasteiger partial charge on any atom is -0.365 e. The number of nitrogens with one attached hydrogen (secondary N) is 1. The van der Waals surface area contributed by atoms with E-state index in [-0.39, 0.29) is 23.5 Å². The number of alkyl halides is 1. The summed E-state index contributed by atoms with van der Waals surface area (Å²) in [5.74, 6) is 0.0133. The van der Waals surface area contributed by atoms with E-state index in [2.05, 4.69) is 5.32 Å². The Bertz CT molecular complexity index is 211. The van der Waals surface area contributed by atoms with Gasteiger partial charge in [-0.15, -0.1) is 11.6 Å². The van der Waals surface area contributed by atoms with Crippen LogP contribution >= 0.6 is 11.6 Å². The molecule has 3 unspecified atom stereocenters. The van der Waals surface area contributed by atoms with Gasteiger partial charge in [0.1, 0.15) is 6.10 Å². The number of hydrogen-bond donors (Lipinski definition) is 1. The third-order valence-corrected chi connectivity index (χ3v) is 3.25. The molecule has 1 amide bonds. The average molecular weight is 234 g/mol. The Labute approximate surface area is 96.5 Å². The largest absolute Gasteiger partial charge is 0.365 e. The van der Waals surface area contributed by atoms with Gasteiger partial charge in [-0.1, -0.05) is 6.92 Å². The van der Waals surface area contributed by atoms with Crippen molar-refractivity contribution in [1.29, 1.82) is 0 Å². The molecule has 1 heterocycles. The van der Waals surface area contributed by atoms with Crippen molar-refractivity contribution in [3.05, 3.63) is 0 Å². The van der Waals surface area contributed by atoms with Crippen LogP contribution in [0.3, 0.4) is 0 Å². The molecule has 1 saturated heterocycles. The standard InChI is InChI=1S/C11H20ClNO2/c1-3-9(12)6-7-13-11(14)10-5-4-8(2)15-10/h8-10H,3-7H2,1-2H3,(H,13,14). The van der Waals surface area contributed by atoms with E-state index in [1.165, 1.54) is 0 Å². The first-order chi connectivity index (χ1) is 7.13. The average Bonchev–Trinajstić information content (AvgIpc) is 2.64. The predicted octanol–water partition coefficient (Wildman–Crippen LogP) is 2.08. The molecule has 1 N–H and O–H groups in total. The third kappa shape index (κ3) is 4.39. The van der Waals surface area contributed by atoms with Gasteiger partial charge in [0.2, 0.25) is 5.91 Å². The highest BCUT2D eigenvalue weighted by molar-refractivity contribution is 6.20. The van der Waals surface area contributed by atoms with Gasteiger partial charge in [0, 0.05) is 11.9 Å². The normalized spacial score (nSPS) is 27.7. The van der Waals surface area contributed by atoms with E-state index in [0.717, 1.165) is 25.7 Å². The maximum absolute atomic E-state index is 11.6. The van der Waals surface area contributed by atoms with Crippen molar-refractivity contribution in [2.75, 3.05) is 6.54 Å². The minimum absolute atomic E-state index is 0.0133. The summed E-state index contributed by atoms with van der Waals surface area (Å²) in [4.78, 5) is 11.6. The highest BCUT2D eigenvalue weighted by atomic mass is 35.5. The number of ether oxygens (including phenoxy) is 1.